The first-order chi connectivity index (χ1) is 8.15. The molecular formula is C13H16FNO2. The van der Waals surface area contributed by atoms with Gasteiger partial charge in [0.25, 0.3) is 0 Å². The van der Waals surface area contributed by atoms with Crippen molar-refractivity contribution >= 4 is 0 Å². The second-order valence-corrected chi connectivity index (χ2v) is 3.82. The molecule has 0 saturated carbocycles. The Kier molecular flexibility index (Phi) is 5.44. The summed E-state index contributed by atoms with van der Waals surface area (Å²) in [6.45, 7) is 1.98. The van der Waals surface area contributed by atoms with Crippen LogP contribution < -0.4 is 4.74 Å². The molecule has 0 spiro atoms. The quantitative estimate of drug-likeness (QED) is 0.774. The van der Waals surface area contributed by atoms with Crippen LogP contribution in [0.2, 0.25) is 0 Å². The zero-order chi connectivity index (χ0) is 12.7. The Labute approximate surface area is 100 Å². The molecule has 0 bridgehead atoms. The maximum atomic E-state index is 13.4. The van der Waals surface area contributed by atoms with E-state index in [2.05, 4.69) is 6.07 Å². The highest BCUT2D eigenvalue weighted by molar-refractivity contribution is 5.29. The van der Waals surface area contributed by atoms with Gasteiger partial charge in [-0.2, -0.15) is 5.26 Å². The van der Waals surface area contributed by atoms with Gasteiger partial charge in [-0.15, -0.1) is 0 Å². The summed E-state index contributed by atoms with van der Waals surface area (Å²) in [5.74, 6) is -0.0154. The summed E-state index contributed by atoms with van der Waals surface area (Å²) in [6, 6.07) is 6.48. The van der Waals surface area contributed by atoms with Gasteiger partial charge in [0.05, 0.1) is 18.8 Å². The van der Waals surface area contributed by atoms with Crippen LogP contribution in [0.3, 0.4) is 0 Å². The number of nitriles is 1. The van der Waals surface area contributed by atoms with E-state index in [0.717, 1.165) is 12.8 Å². The molecule has 1 atom stereocenters. The van der Waals surface area contributed by atoms with Crippen LogP contribution in [-0.4, -0.2) is 11.7 Å². The van der Waals surface area contributed by atoms with Gasteiger partial charge in [0.15, 0.2) is 0 Å². The molecule has 17 heavy (non-hydrogen) atoms. The number of halogens is 1. The minimum absolute atomic E-state index is 0.266. The number of hydrogen-bond acceptors (Lipinski definition) is 3. The van der Waals surface area contributed by atoms with E-state index in [9.17, 15) is 9.50 Å². The number of ether oxygens (including phenoxy) is 1. The van der Waals surface area contributed by atoms with Crippen LogP contribution in [0.25, 0.3) is 0 Å². The van der Waals surface area contributed by atoms with Crippen molar-refractivity contribution in [2.24, 2.45) is 0 Å². The van der Waals surface area contributed by atoms with E-state index >= 15 is 0 Å². The number of aliphatic hydroxyl groups excluding tert-OH is 1. The summed E-state index contributed by atoms with van der Waals surface area (Å²) in [4.78, 5) is 0. The Hall–Kier alpha value is -1.60. The molecule has 1 aromatic carbocycles. The van der Waals surface area contributed by atoms with Crippen molar-refractivity contribution in [2.75, 3.05) is 6.61 Å². The van der Waals surface area contributed by atoms with Crippen LogP contribution in [0.15, 0.2) is 18.2 Å². The summed E-state index contributed by atoms with van der Waals surface area (Å²) in [5.41, 5.74) is 0.266. The smallest absolute Gasteiger partial charge is 0.132 e. The number of unbranched alkanes of at least 4 members (excludes halogenated alkanes) is 2. The third-order valence-electron chi connectivity index (χ3n) is 2.37. The molecule has 1 N–H and O–H groups in total. The van der Waals surface area contributed by atoms with Crippen LogP contribution in [0.5, 0.6) is 5.75 Å². The summed E-state index contributed by atoms with van der Waals surface area (Å²) in [5, 5.41) is 17.6. The third-order valence-corrected chi connectivity index (χ3v) is 2.37. The predicted octanol–water partition coefficient (Wildman–Crippen LogP) is 2.95. The molecule has 4 heteroatoms. The molecule has 0 aliphatic carbocycles. The Morgan fingerprint density at radius 1 is 1.47 bits per heavy atom. The van der Waals surface area contributed by atoms with Gasteiger partial charge in [0.2, 0.25) is 0 Å². The standard InChI is InChI=1S/C13H16FNO2/c1-10(16)12-6-5-11(9-13(12)14)17-8-4-2-3-7-15/h5-6,9-10,16H,2-4,8H2,1H3. The van der Waals surface area contributed by atoms with Gasteiger partial charge < -0.3 is 9.84 Å². The topological polar surface area (TPSA) is 53.2 Å². The van der Waals surface area contributed by atoms with E-state index in [1.54, 1.807) is 6.07 Å². The zero-order valence-corrected chi connectivity index (χ0v) is 9.82. The highest BCUT2D eigenvalue weighted by Crippen LogP contribution is 2.21. The Morgan fingerprint density at radius 3 is 2.82 bits per heavy atom. The van der Waals surface area contributed by atoms with Gasteiger partial charge in [-0.05, 0) is 31.9 Å². The molecule has 3 nitrogen and oxygen atoms in total. The van der Waals surface area contributed by atoms with Crippen LogP contribution >= 0.6 is 0 Å². The van der Waals surface area contributed by atoms with E-state index in [1.165, 1.54) is 19.1 Å². The van der Waals surface area contributed by atoms with Crippen molar-refractivity contribution in [3.63, 3.8) is 0 Å². The molecule has 92 valence electrons. The van der Waals surface area contributed by atoms with Crippen molar-refractivity contribution in [2.45, 2.75) is 32.3 Å². The fraction of sp³-hybridized carbons (Fsp3) is 0.462. The molecule has 0 radical (unpaired) electrons. The van der Waals surface area contributed by atoms with Crippen molar-refractivity contribution in [3.8, 4) is 11.8 Å². The lowest BCUT2D eigenvalue weighted by atomic mass is 10.1. The minimum Gasteiger partial charge on any atom is -0.493 e. The van der Waals surface area contributed by atoms with Crippen LogP contribution in [0, 0.1) is 17.1 Å². The van der Waals surface area contributed by atoms with Gasteiger partial charge in [-0.1, -0.05) is 0 Å². The monoisotopic (exact) mass is 237 g/mol. The first kappa shape index (κ1) is 13.5. The first-order valence-corrected chi connectivity index (χ1v) is 5.62. The average molecular weight is 237 g/mol. The molecule has 1 rings (SSSR count). The van der Waals surface area contributed by atoms with Crippen LogP contribution in [-0.2, 0) is 0 Å². The van der Waals surface area contributed by atoms with Gasteiger partial charge in [-0.3, -0.25) is 0 Å². The van der Waals surface area contributed by atoms with Crippen LogP contribution in [0.1, 0.15) is 37.9 Å². The Bertz CT molecular complexity index is 399. The second kappa shape index (κ2) is 6.87. The number of nitrogens with zero attached hydrogens (tertiary/aromatic N) is 1. The zero-order valence-electron chi connectivity index (χ0n) is 9.82. The van der Waals surface area contributed by atoms with Crippen LogP contribution in [0.4, 0.5) is 4.39 Å². The van der Waals surface area contributed by atoms with E-state index in [-0.39, 0.29) is 5.56 Å². The molecule has 0 fully saturated rings. The summed E-state index contributed by atoms with van der Waals surface area (Å²) >= 11 is 0. The largest absolute Gasteiger partial charge is 0.493 e. The third kappa shape index (κ3) is 4.41. The lowest BCUT2D eigenvalue weighted by molar-refractivity contribution is 0.194. The lowest BCUT2D eigenvalue weighted by Crippen LogP contribution is -2.00. The van der Waals surface area contributed by atoms with E-state index in [4.69, 9.17) is 10.00 Å². The Morgan fingerprint density at radius 2 is 2.24 bits per heavy atom. The SMILES string of the molecule is CC(O)c1ccc(OCCCCC#N)cc1F. The molecule has 0 aliphatic heterocycles. The number of rotatable bonds is 6. The molecule has 0 aliphatic rings. The molecule has 0 saturated heterocycles. The lowest BCUT2D eigenvalue weighted by Gasteiger charge is -2.09. The van der Waals surface area contributed by atoms with E-state index in [0.29, 0.717) is 18.8 Å². The Balaban J connectivity index is 2.45. The normalized spacial score (nSPS) is 11.9. The number of benzene rings is 1. The van der Waals surface area contributed by atoms with Crippen molar-refractivity contribution in [3.05, 3.63) is 29.6 Å². The highest BCUT2D eigenvalue weighted by Gasteiger charge is 2.08. The molecule has 0 heterocycles. The highest BCUT2D eigenvalue weighted by atomic mass is 19.1. The van der Waals surface area contributed by atoms with Crippen molar-refractivity contribution in [1.82, 2.24) is 0 Å². The van der Waals surface area contributed by atoms with E-state index < -0.39 is 11.9 Å². The van der Waals surface area contributed by atoms with Gasteiger partial charge in [0, 0.05) is 18.1 Å². The molecule has 1 unspecified atom stereocenters. The molecule has 1 aromatic rings. The van der Waals surface area contributed by atoms with Crippen molar-refractivity contribution < 1.29 is 14.2 Å². The maximum Gasteiger partial charge on any atom is 0.132 e. The van der Waals surface area contributed by atoms with Gasteiger partial charge in [-0.25, -0.2) is 4.39 Å². The first-order valence-electron chi connectivity index (χ1n) is 5.62. The average Bonchev–Trinajstić information content (AvgIpc) is 2.28. The summed E-state index contributed by atoms with van der Waals surface area (Å²) in [7, 11) is 0. The number of hydrogen-bond donors (Lipinski definition) is 1. The minimum atomic E-state index is -0.820. The fourth-order valence-electron chi connectivity index (χ4n) is 1.43. The molecule has 0 aromatic heterocycles. The molecular weight excluding hydrogens is 221 g/mol. The summed E-state index contributed by atoms with van der Waals surface area (Å²) in [6.07, 6.45) is 1.25. The van der Waals surface area contributed by atoms with Gasteiger partial charge in [0.1, 0.15) is 11.6 Å². The van der Waals surface area contributed by atoms with E-state index in [1.807, 2.05) is 0 Å². The predicted molar refractivity (Wildman–Crippen MR) is 62.0 cm³/mol. The maximum absolute atomic E-state index is 13.4. The van der Waals surface area contributed by atoms with Crippen molar-refractivity contribution in [1.29, 1.82) is 5.26 Å². The van der Waals surface area contributed by atoms with Gasteiger partial charge >= 0.3 is 0 Å². The number of aliphatic hydroxyl groups is 1. The second-order valence-electron chi connectivity index (χ2n) is 3.82. The molecule has 0 amide bonds. The summed E-state index contributed by atoms with van der Waals surface area (Å²) < 4.78 is 18.8. The fourth-order valence-corrected chi connectivity index (χ4v) is 1.43.